The number of piperidine rings is 1. The van der Waals surface area contributed by atoms with Crippen molar-refractivity contribution in [3.05, 3.63) is 60.4 Å². The van der Waals surface area contributed by atoms with Crippen LogP contribution in [0.2, 0.25) is 0 Å². The molecule has 4 heterocycles. The van der Waals surface area contributed by atoms with Gasteiger partial charge in [-0.05, 0) is 49.4 Å². The molecule has 2 aromatic heterocycles. The van der Waals surface area contributed by atoms with Gasteiger partial charge >= 0.3 is 0 Å². The Morgan fingerprint density at radius 3 is 2.58 bits per heavy atom. The van der Waals surface area contributed by atoms with Gasteiger partial charge in [0.15, 0.2) is 0 Å². The van der Waals surface area contributed by atoms with Crippen molar-refractivity contribution >= 4 is 28.5 Å². The molecule has 1 aromatic carbocycles. The van der Waals surface area contributed by atoms with Gasteiger partial charge in [0.2, 0.25) is 5.91 Å². The molecule has 7 nitrogen and oxygen atoms in total. The Morgan fingerprint density at radius 1 is 0.970 bits per heavy atom. The first-order valence-corrected chi connectivity index (χ1v) is 12.0. The third-order valence-corrected chi connectivity index (χ3v) is 6.94. The summed E-state index contributed by atoms with van der Waals surface area (Å²) in [5.41, 5.74) is 1.64. The summed E-state index contributed by atoms with van der Waals surface area (Å²) in [4.78, 5) is 39.7. The van der Waals surface area contributed by atoms with Crippen molar-refractivity contribution in [3.63, 3.8) is 0 Å². The molecule has 1 atom stereocenters. The second-order valence-electron chi connectivity index (χ2n) is 9.12. The number of amides is 2. The van der Waals surface area contributed by atoms with Crippen molar-refractivity contribution in [1.82, 2.24) is 19.8 Å². The summed E-state index contributed by atoms with van der Waals surface area (Å²) in [6.45, 7) is 4.64. The van der Waals surface area contributed by atoms with Crippen LogP contribution in [0.25, 0.3) is 10.9 Å². The van der Waals surface area contributed by atoms with Crippen LogP contribution < -0.4 is 4.90 Å². The van der Waals surface area contributed by atoms with Gasteiger partial charge in [-0.3, -0.25) is 9.59 Å². The van der Waals surface area contributed by atoms with E-state index in [2.05, 4.69) is 14.9 Å². The largest absolute Gasteiger partial charge is 0.353 e. The van der Waals surface area contributed by atoms with Gasteiger partial charge in [-0.1, -0.05) is 24.3 Å². The number of nitrogens with zero attached hydrogens (tertiary/aromatic N) is 4. The Bertz CT molecular complexity index is 1070. The highest BCUT2D eigenvalue weighted by Gasteiger charge is 2.27. The van der Waals surface area contributed by atoms with Crippen molar-refractivity contribution in [2.45, 2.75) is 25.7 Å². The van der Waals surface area contributed by atoms with Crippen molar-refractivity contribution in [2.24, 2.45) is 5.92 Å². The summed E-state index contributed by atoms with van der Waals surface area (Å²) in [7, 11) is 0. The maximum atomic E-state index is 13.1. The number of H-pyrrole nitrogens is 1. The van der Waals surface area contributed by atoms with E-state index in [1.165, 1.54) is 0 Å². The van der Waals surface area contributed by atoms with E-state index < -0.39 is 0 Å². The number of piperazine rings is 1. The van der Waals surface area contributed by atoms with Crippen molar-refractivity contribution in [3.8, 4) is 0 Å². The van der Waals surface area contributed by atoms with Gasteiger partial charge in [-0.2, -0.15) is 0 Å². The number of anilines is 1. The molecule has 0 bridgehead atoms. The van der Waals surface area contributed by atoms with Crippen LogP contribution in [0.5, 0.6) is 0 Å². The predicted molar refractivity (Wildman–Crippen MR) is 129 cm³/mol. The second kappa shape index (κ2) is 9.65. The lowest BCUT2D eigenvalue weighted by Gasteiger charge is -2.36. The van der Waals surface area contributed by atoms with E-state index in [1.54, 1.807) is 0 Å². The minimum Gasteiger partial charge on any atom is -0.353 e. The third-order valence-electron chi connectivity index (χ3n) is 6.94. The van der Waals surface area contributed by atoms with Gasteiger partial charge in [0, 0.05) is 62.8 Å². The van der Waals surface area contributed by atoms with E-state index in [1.807, 2.05) is 64.5 Å². The molecule has 0 spiro atoms. The van der Waals surface area contributed by atoms with Gasteiger partial charge in [-0.15, -0.1) is 0 Å². The van der Waals surface area contributed by atoms with Gasteiger partial charge < -0.3 is 19.7 Å². The molecule has 5 rings (SSSR count). The van der Waals surface area contributed by atoms with Crippen LogP contribution in [0.1, 0.15) is 36.2 Å². The Hall–Kier alpha value is -3.35. The molecule has 2 aliphatic rings. The van der Waals surface area contributed by atoms with Crippen LogP contribution in [0.3, 0.4) is 0 Å². The summed E-state index contributed by atoms with van der Waals surface area (Å²) in [6, 6.07) is 15.8. The Morgan fingerprint density at radius 2 is 1.79 bits per heavy atom. The summed E-state index contributed by atoms with van der Waals surface area (Å²) in [5, 5.41) is 1.06. The summed E-state index contributed by atoms with van der Waals surface area (Å²) in [5.74, 6) is 1.65. The standard InChI is InChI=1S/C26H31N5O2/c32-25(30-16-14-29(15-17-30)24-9-3-4-12-27-24)11-10-20-6-5-13-31(19-20)26(33)23-18-21-7-1-2-8-22(21)28-23/h1-4,7-9,12,18,20,28H,5-6,10-11,13-17,19H2. The van der Waals surface area contributed by atoms with E-state index >= 15 is 0 Å². The molecule has 0 radical (unpaired) electrons. The fourth-order valence-corrected chi connectivity index (χ4v) is 5.06. The van der Waals surface area contributed by atoms with Gasteiger partial charge in [0.1, 0.15) is 11.5 Å². The van der Waals surface area contributed by atoms with E-state index in [9.17, 15) is 9.59 Å². The maximum absolute atomic E-state index is 13.1. The number of nitrogens with one attached hydrogen (secondary N) is 1. The quantitative estimate of drug-likeness (QED) is 0.652. The predicted octanol–water partition coefficient (Wildman–Crippen LogP) is 3.54. The van der Waals surface area contributed by atoms with E-state index in [-0.39, 0.29) is 11.8 Å². The van der Waals surface area contributed by atoms with Crippen molar-refractivity contribution < 1.29 is 9.59 Å². The molecule has 2 saturated heterocycles. The highest BCUT2D eigenvalue weighted by molar-refractivity contribution is 5.98. The summed E-state index contributed by atoms with van der Waals surface area (Å²) < 4.78 is 0. The van der Waals surface area contributed by atoms with Crippen LogP contribution in [-0.4, -0.2) is 70.9 Å². The second-order valence-corrected chi connectivity index (χ2v) is 9.12. The van der Waals surface area contributed by atoms with Crippen LogP contribution >= 0.6 is 0 Å². The van der Waals surface area contributed by atoms with E-state index in [4.69, 9.17) is 0 Å². The molecule has 2 aliphatic heterocycles. The molecule has 1 N–H and O–H groups in total. The van der Waals surface area contributed by atoms with E-state index in [0.717, 1.165) is 75.3 Å². The number of likely N-dealkylation sites (tertiary alicyclic amines) is 1. The lowest BCUT2D eigenvalue weighted by atomic mass is 9.93. The third kappa shape index (κ3) is 4.87. The Kier molecular flexibility index (Phi) is 6.28. The maximum Gasteiger partial charge on any atom is 0.270 e. The minimum atomic E-state index is 0.0628. The van der Waals surface area contributed by atoms with Crippen LogP contribution in [0.15, 0.2) is 54.7 Å². The Balaban J connectivity index is 1.11. The monoisotopic (exact) mass is 445 g/mol. The van der Waals surface area contributed by atoms with Crippen LogP contribution in [0, 0.1) is 5.92 Å². The number of aromatic nitrogens is 2. The molecule has 172 valence electrons. The van der Waals surface area contributed by atoms with Crippen LogP contribution in [-0.2, 0) is 4.79 Å². The number of para-hydroxylation sites is 1. The number of fused-ring (bicyclic) bond motifs is 1. The SMILES string of the molecule is O=C(CCC1CCCN(C(=O)c2cc3ccccc3[nH]2)C1)N1CCN(c2ccccn2)CC1. The van der Waals surface area contributed by atoms with Crippen molar-refractivity contribution in [2.75, 3.05) is 44.2 Å². The number of benzene rings is 1. The fourth-order valence-electron chi connectivity index (χ4n) is 5.06. The van der Waals surface area contributed by atoms with Gasteiger partial charge in [0.05, 0.1) is 0 Å². The van der Waals surface area contributed by atoms with E-state index in [0.29, 0.717) is 18.0 Å². The average molecular weight is 446 g/mol. The summed E-state index contributed by atoms with van der Waals surface area (Å²) >= 11 is 0. The topological polar surface area (TPSA) is 72.5 Å². The lowest BCUT2D eigenvalue weighted by Crippen LogP contribution is -2.49. The number of carbonyl (C=O) groups is 2. The number of aromatic amines is 1. The molecule has 7 heteroatoms. The molecule has 2 fully saturated rings. The first-order valence-electron chi connectivity index (χ1n) is 12.0. The van der Waals surface area contributed by atoms with Gasteiger partial charge in [-0.25, -0.2) is 4.98 Å². The minimum absolute atomic E-state index is 0.0628. The smallest absolute Gasteiger partial charge is 0.270 e. The van der Waals surface area contributed by atoms with Crippen LogP contribution in [0.4, 0.5) is 5.82 Å². The summed E-state index contributed by atoms with van der Waals surface area (Å²) in [6.07, 6.45) is 5.28. The zero-order valence-corrected chi connectivity index (χ0v) is 18.9. The van der Waals surface area contributed by atoms with Gasteiger partial charge in [0.25, 0.3) is 5.91 Å². The highest BCUT2D eigenvalue weighted by Crippen LogP contribution is 2.24. The van der Waals surface area contributed by atoms with Crippen molar-refractivity contribution in [1.29, 1.82) is 0 Å². The zero-order valence-electron chi connectivity index (χ0n) is 18.9. The fraction of sp³-hybridized carbons (Fsp3) is 0.423. The first-order chi connectivity index (χ1) is 16.2. The molecule has 3 aromatic rings. The number of pyridine rings is 1. The molecular formula is C26H31N5O2. The lowest BCUT2D eigenvalue weighted by molar-refractivity contribution is -0.131. The zero-order chi connectivity index (χ0) is 22.6. The number of hydrogen-bond donors (Lipinski definition) is 1. The molecule has 1 unspecified atom stereocenters. The average Bonchev–Trinajstić information content (AvgIpc) is 3.32. The number of rotatable bonds is 5. The first kappa shape index (κ1) is 21.5. The molecular weight excluding hydrogens is 414 g/mol. The molecule has 33 heavy (non-hydrogen) atoms. The molecule has 2 amide bonds. The number of hydrogen-bond acceptors (Lipinski definition) is 4. The Labute approximate surface area is 194 Å². The highest BCUT2D eigenvalue weighted by atomic mass is 16.2. The number of carbonyl (C=O) groups excluding carboxylic acids is 2. The molecule has 0 saturated carbocycles. The normalized spacial score (nSPS) is 19.2. The molecule has 0 aliphatic carbocycles.